The molecule has 0 spiro atoms. The van der Waals surface area contributed by atoms with Crippen molar-refractivity contribution in [3.05, 3.63) is 59.9 Å². The molecule has 2 rings (SSSR count). The molecule has 0 saturated heterocycles. The van der Waals surface area contributed by atoms with Crippen LogP contribution in [0.4, 0.5) is 10.1 Å². The molecular weight excluding hydrogens is 355 g/mol. The summed E-state index contributed by atoms with van der Waals surface area (Å²) in [6.45, 7) is 2.87. The first-order valence-corrected chi connectivity index (χ1v) is 8.09. The summed E-state index contributed by atoms with van der Waals surface area (Å²) in [5.74, 6) is -2.00. The summed E-state index contributed by atoms with van der Waals surface area (Å²) >= 11 is 0. The molecule has 142 valence electrons. The number of halogens is 1. The number of amides is 2. The Kier molecular flexibility index (Phi) is 6.48. The van der Waals surface area contributed by atoms with Gasteiger partial charge in [-0.1, -0.05) is 0 Å². The molecular formula is C19H19FN2O5. The summed E-state index contributed by atoms with van der Waals surface area (Å²) in [7, 11) is 0. The largest absolute Gasteiger partial charge is 0.479 e. The monoisotopic (exact) mass is 374 g/mol. The quantitative estimate of drug-likeness (QED) is 0.723. The van der Waals surface area contributed by atoms with Crippen LogP contribution in [-0.2, 0) is 14.3 Å². The molecule has 0 aliphatic carbocycles. The van der Waals surface area contributed by atoms with E-state index < -0.39 is 35.8 Å². The van der Waals surface area contributed by atoms with Gasteiger partial charge in [-0.3, -0.25) is 9.59 Å². The predicted molar refractivity (Wildman–Crippen MR) is 95.6 cm³/mol. The standard InChI is InChI=1S/C19H19FN2O5/c1-11(18(24)22-15-7-3-13(4-8-15)17(21)23)27-19(25)12(2)26-16-9-5-14(20)6-10-16/h3-12H,1-2H3,(H2,21,23)(H,22,24)/t11-,12-/m1/s1. The van der Waals surface area contributed by atoms with Gasteiger partial charge in [0.15, 0.2) is 12.2 Å². The fourth-order valence-electron chi connectivity index (χ4n) is 2.05. The summed E-state index contributed by atoms with van der Waals surface area (Å²) in [5.41, 5.74) is 5.87. The molecule has 0 aliphatic heterocycles. The number of carbonyl (C=O) groups is 3. The van der Waals surface area contributed by atoms with Crippen molar-refractivity contribution in [1.29, 1.82) is 0 Å². The highest BCUT2D eigenvalue weighted by atomic mass is 19.1. The number of anilines is 1. The van der Waals surface area contributed by atoms with Crippen molar-refractivity contribution < 1.29 is 28.2 Å². The van der Waals surface area contributed by atoms with Gasteiger partial charge in [0.1, 0.15) is 11.6 Å². The zero-order valence-corrected chi connectivity index (χ0v) is 14.8. The maximum atomic E-state index is 12.9. The van der Waals surface area contributed by atoms with E-state index in [-0.39, 0.29) is 0 Å². The van der Waals surface area contributed by atoms with Crippen LogP contribution in [-0.4, -0.2) is 30.0 Å². The molecule has 27 heavy (non-hydrogen) atoms. The van der Waals surface area contributed by atoms with E-state index in [0.29, 0.717) is 17.0 Å². The molecule has 0 fully saturated rings. The van der Waals surface area contributed by atoms with E-state index >= 15 is 0 Å². The van der Waals surface area contributed by atoms with Gasteiger partial charge in [-0.25, -0.2) is 9.18 Å². The number of benzene rings is 2. The minimum Gasteiger partial charge on any atom is -0.479 e. The van der Waals surface area contributed by atoms with Gasteiger partial charge in [0, 0.05) is 11.3 Å². The summed E-state index contributed by atoms with van der Waals surface area (Å²) in [6.07, 6.45) is -2.06. The van der Waals surface area contributed by atoms with Crippen LogP contribution >= 0.6 is 0 Å². The number of esters is 1. The molecule has 0 aromatic heterocycles. The summed E-state index contributed by atoms with van der Waals surface area (Å²) in [4.78, 5) is 35.2. The Morgan fingerprint density at radius 2 is 1.56 bits per heavy atom. The maximum absolute atomic E-state index is 12.9. The Hall–Kier alpha value is -3.42. The summed E-state index contributed by atoms with van der Waals surface area (Å²) < 4.78 is 23.3. The number of nitrogens with one attached hydrogen (secondary N) is 1. The van der Waals surface area contributed by atoms with Gasteiger partial charge in [0.05, 0.1) is 0 Å². The Morgan fingerprint density at radius 3 is 2.11 bits per heavy atom. The number of carbonyl (C=O) groups excluding carboxylic acids is 3. The minimum absolute atomic E-state index is 0.299. The Balaban J connectivity index is 1.87. The average Bonchev–Trinajstić information content (AvgIpc) is 2.63. The lowest BCUT2D eigenvalue weighted by molar-refractivity contribution is -0.159. The Morgan fingerprint density at radius 1 is 0.963 bits per heavy atom. The van der Waals surface area contributed by atoms with Crippen LogP contribution in [0.2, 0.25) is 0 Å². The highest BCUT2D eigenvalue weighted by molar-refractivity contribution is 5.96. The van der Waals surface area contributed by atoms with Crippen LogP contribution in [0.15, 0.2) is 48.5 Å². The van der Waals surface area contributed by atoms with E-state index in [1.54, 1.807) is 0 Å². The van der Waals surface area contributed by atoms with Gasteiger partial charge in [-0.15, -0.1) is 0 Å². The highest BCUT2D eigenvalue weighted by Crippen LogP contribution is 2.14. The predicted octanol–water partition coefficient (Wildman–Crippen LogP) is 2.26. The molecule has 2 atom stereocenters. The lowest BCUT2D eigenvalue weighted by atomic mass is 10.2. The van der Waals surface area contributed by atoms with E-state index in [1.807, 2.05) is 0 Å². The first-order chi connectivity index (χ1) is 12.8. The number of rotatable bonds is 7. The van der Waals surface area contributed by atoms with Crippen LogP contribution < -0.4 is 15.8 Å². The van der Waals surface area contributed by atoms with E-state index in [1.165, 1.54) is 62.4 Å². The van der Waals surface area contributed by atoms with Crippen molar-refractivity contribution in [2.45, 2.75) is 26.1 Å². The molecule has 0 saturated carbocycles. The number of primary amides is 1. The van der Waals surface area contributed by atoms with Crippen LogP contribution in [0, 0.1) is 5.82 Å². The Bertz CT molecular complexity index is 821. The lowest BCUT2D eigenvalue weighted by Gasteiger charge is -2.18. The molecule has 8 heteroatoms. The topological polar surface area (TPSA) is 108 Å². The van der Waals surface area contributed by atoms with Crippen LogP contribution in [0.5, 0.6) is 5.75 Å². The summed E-state index contributed by atoms with van der Waals surface area (Å²) in [6, 6.07) is 11.1. The minimum atomic E-state index is -1.08. The molecule has 7 nitrogen and oxygen atoms in total. The van der Waals surface area contributed by atoms with Crippen molar-refractivity contribution in [3.8, 4) is 5.75 Å². The molecule has 0 radical (unpaired) electrons. The lowest BCUT2D eigenvalue weighted by Crippen LogP contribution is -2.35. The van der Waals surface area contributed by atoms with Crippen molar-refractivity contribution >= 4 is 23.5 Å². The third kappa shape index (κ3) is 5.81. The fraction of sp³-hybridized carbons (Fsp3) is 0.211. The summed E-state index contributed by atoms with van der Waals surface area (Å²) in [5, 5.41) is 2.56. The van der Waals surface area contributed by atoms with Crippen LogP contribution in [0.25, 0.3) is 0 Å². The van der Waals surface area contributed by atoms with Gasteiger partial charge < -0.3 is 20.5 Å². The molecule has 0 unspecified atom stereocenters. The normalized spacial score (nSPS) is 12.6. The van der Waals surface area contributed by atoms with E-state index in [2.05, 4.69) is 5.32 Å². The highest BCUT2D eigenvalue weighted by Gasteiger charge is 2.23. The van der Waals surface area contributed by atoms with Gasteiger partial charge in [-0.05, 0) is 62.4 Å². The zero-order valence-electron chi connectivity index (χ0n) is 14.8. The van der Waals surface area contributed by atoms with Gasteiger partial charge in [-0.2, -0.15) is 0 Å². The zero-order chi connectivity index (χ0) is 20.0. The molecule has 0 heterocycles. The van der Waals surface area contributed by atoms with E-state index in [0.717, 1.165) is 0 Å². The van der Waals surface area contributed by atoms with Gasteiger partial charge in [0.2, 0.25) is 5.91 Å². The second-order valence-electron chi connectivity index (χ2n) is 5.72. The molecule has 2 aromatic carbocycles. The average molecular weight is 374 g/mol. The Labute approximate surface area is 155 Å². The fourth-order valence-corrected chi connectivity index (χ4v) is 2.05. The second kappa shape index (κ2) is 8.79. The first-order valence-electron chi connectivity index (χ1n) is 8.09. The molecule has 2 amide bonds. The molecule has 3 N–H and O–H groups in total. The third-order valence-corrected chi connectivity index (χ3v) is 3.56. The number of nitrogens with two attached hydrogens (primary N) is 1. The number of hydrogen-bond acceptors (Lipinski definition) is 5. The van der Waals surface area contributed by atoms with Gasteiger partial charge in [0.25, 0.3) is 5.91 Å². The van der Waals surface area contributed by atoms with Gasteiger partial charge >= 0.3 is 5.97 Å². The number of ether oxygens (including phenoxy) is 2. The first kappa shape index (κ1) is 19.9. The van der Waals surface area contributed by atoms with Crippen molar-refractivity contribution in [1.82, 2.24) is 0 Å². The third-order valence-electron chi connectivity index (χ3n) is 3.56. The second-order valence-corrected chi connectivity index (χ2v) is 5.72. The smallest absolute Gasteiger partial charge is 0.347 e. The van der Waals surface area contributed by atoms with Crippen molar-refractivity contribution in [2.24, 2.45) is 5.73 Å². The van der Waals surface area contributed by atoms with Crippen LogP contribution in [0.3, 0.4) is 0 Å². The molecule has 0 bridgehead atoms. The van der Waals surface area contributed by atoms with Crippen molar-refractivity contribution in [3.63, 3.8) is 0 Å². The van der Waals surface area contributed by atoms with E-state index in [4.69, 9.17) is 15.2 Å². The molecule has 0 aliphatic rings. The van der Waals surface area contributed by atoms with Crippen LogP contribution in [0.1, 0.15) is 24.2 Å². The van der Waals surface area contributed by atoms with Crippen molar-refractivity contribution in [2.75, 3.05) is 5.32 Å². The van der Waals surface area contributed by atoms with E-state index in [9.17, 15) is 18.8 Å². The SMILES string of the molecule is C[C@@H](OC(=O)[C@@H](C)Oc1ccc(F)cc1)C(=O)Nc1ccc(C(N)=O)cc1. The maximum Gasteiger partial charge on any atom is 0.347 e. The number of hydrogen-bond donors (Lipinski definition) is 2. The molecule has 2 aromatic rings.